The lowest BCUT2D eigenvalue weighted by Gasteiger charge is -2.37. The Morgan fingerprint density at radius 1 is 1.08 bits per heavy atom. The van der Waals surface area contributed by atoms with Crippen molar-refractivity contribution in [3.8, 4) is 0 Å². The number of carboxylic acids is 1. The number of carbonyl (C=O) groups excluding carboxylic acids is 1. The first-order chi connectivity index (χ1) is 11.6. The number of likely N-dealkylation sites (tertiary alicyclic amines) is 1. The molecular formula is C20H27NO3. The lowest BCUT2D eigenvalue weighted by molar-refractivity contribution is -0.147. The first-order valence-corrected chi connectivity index (χ1v) is 9.19. The van der Waals surface area contributed by atoms with E-state index in [2.05, 4.69) is 31.2 Å². The van der Waals surface area contributed by atoms with Crippen LogP contribution in [0.3, 0.4) is 0 Å². The van der Waals surface area contributed by atoms with Crippen LogP contribution in [0.5, 0.6) is 0 Å². The van der Waals surface area contributed by atoms with E-state index in [1.807, 2.05) is 4.90 Å². The quantitative estimate of drug-likeness (QED) is 0.920. The fourth-order valence-corrected chi connectivity index (χ4v) is 4.16. The van der Waals surface area contributed by atoms with Gasteiger partial charge in [-0.25, -0.2) is 0 Å². The van der Waals surface area contributed by atoms with E-state index in [9.17, 15) is 14.7 Å². The number of benzene rings is 1. The van der Waals surface area contributed by atoms with Crippen LogP contribution in [0.1, 0.15) is 56.1 Å². The van der Waals surface area contributed by atoms with Gasteiger partial charge in [0.1, 0.15) is 0 Å². The molecule has 130 valence electrons. The number of aliphatic carboxylic acids is 1. The summed E-state index contributed by atoms with van der Waals surface area (Å²) >= 11 is 0. The smallest absolute Gasteiger partial charge is 0.308 e. The molecule has 0 spiro atoms. The zero-order chi connectivity index (χ0) is 17.1. The van der Waals surface area contributed by atoms with Gasteiger partial charge in [-0.2, -0.15) is 0 Å². The summed E-state index contributed by atoms with van der Waals surface area (Å²) in [6.45, 7) is 3.15. The Labute approximate surface area is 143 Å². The molecule has 1 aliphatic heterocycles. The highest BCUT2D eigenvalue weighted by atomic mass is 16.4. The molecule has 0 radical (unpaired) electrons. The van der Waals surface area contributed by atoms with Crippen LogP contribution >= 0.6 is 0 Å². The molecule has 4 nitrogen and oxygen atoms in total. The molecule has 1 saturated carbocycles. The van der Waals surface area contributed by atoms with Gasteiger partial charge in [0.2, 0.25) is 5.91 Å². The number of carbonyl (C=O) groups is 2. The molecule has 1 N–H and O–H groups in total. The number of rotatable bonds is 4. The first-order valence-electron chi connectivity index (χ1n) is 9.19. The highest BCUT2D eigenvalue weighted by Crippen LogP contribution is 2.34. The van der Waals surface area contributed by atoms with Gasteiger partial charge in [-0.15, -0.1) is 0 Å². The second-order valence-corrected chi connectivity index (χ2v) is 7.29. The van der Waals surface area contributed by atoms with Crippen LogP contribution in [0.2, 0.25) is 0 Å². The van der Waals surface area contributed by atoms with E-state index in [0.717, 1.165) is 37.7 Å². The topological polar surface area (TPSA) is 57.6 Å². The number of amides is 1. The molecule has 4 heteroatoms. The predicted octanol–water partition coefficient (Wildman–Crippen LogP) is 3.46. The molecule has 1 aromatic rings. The maximum atomic E-state index is 12.8. The Hall–Kier alpha value is -1.84. The summed E-state index contributed by atoms with van der Waals surface area (Å²) in [6, 6.07) is 8.43. The van der Waals surface area contributed by atoms with Gasteiger partial charge in [-0.3, -0.25) is 9.59 Å². The van der Waals surface area contributed by atoms with Crippen LogP contribution in [-0.4, -0.2) is 35.0 Å². The standard InChI is InChI=1S/C20H27NO3/c1-2-14-7-9-15(10-8-14)17-11-18(20(23)24)13-21(12-17)19(22)16-5-3-4-6-16/h7-10,16-18H,2-6,11-13H2,1H3,(H,23,24). The Balaban J connectivity index is 1.77. The maximum absolute atomic E-state index is 12.8. The van der Waals surface area contributed by atoms with Gasteiger partial charge in [-0.1, -0.05) is 44.0 Å². The van der Waals surface area contributed by atoms with E-state index in [-0.39, 0.29) is 17.7 Å². The van der Waals surface area contributed by atoms with E-state index in [1.165, 1.54) is 5.56 Å². The van der Waals surface area contributed by atoms with Crippen molar-refractivity contribution in [3.05, 3.63) is 35.4 Å². The van der Waals surface area contributed by atoms with E-state index in [4.69, 9.17) is 0 Å². The van der Waals surface area contributed by atoms with Gasteiger partial charge in [0, 0.05) is 24.9 Å². The molecule has 1 aliphatic carbocycles. The molecule has 3 rings (SSSR count). The SMILES string of the molecule is CCc1ccc(C2CC(C(=O)O)CN(C(=O)C3CCCC3)C2)cc1. The summed E-state index contributed by atoms with van der Waals surface area (Å²) in [7, 11) is 0. The molecule has 2 aliphatic rings. The molecule has 0 bridgehead atoms. The third-order valence-electron chi connectivity index (χ3n) is 5.68. The van der Waals surface area contributed by atoms with Crippen molar-refractivity contribution in [1.82, 2.24) is 4.90 Å². The van der Waals surface area contributed by atoms with Crippen LogP contribution in [0.25, 0.3) is 0 Å². The molecular weight excluding hydrogens is 302 g/mol. The third-order valence-corrected chi connectivity index (χ3v) is 5.68. The van der Waals surface area contributed by atoms with E-state index >= 15 is 0 Å². The molecule has 2 atom stereocenters. The number of piperidine rings is 1. The summed E-state index contributed by atoms with van der Waals surface area (Å²) in [5.41, 5.74) is 2.44. The summed E-state index contributed by atoms with van der Waals surface area (Å²) in [6.07, 6.45) is 5.78. The minimum atomic E-state index is -0.783. The largest absolute Gasteiger partial charge is 0.481 e. The van der Waals surface area contributed by atoms with Gasteiger partial charge in [0.05, 0.1) is 5.92 Å². The fraction of sp³-hybridized carbons (Fsp3) is 0.600. The number of nitrogens with zero attached hydrogens (tertiary/aromatic N) is 1. The van der Waals surface area contributed by atoms with E-state index in [1.54, 1.807) is 0 Å². The highest BCUT2D eigenvalue weighted by molar-refractivity contribution is 5.80. The highest BCUT2D eigenvalue weighted by Gasteiger charge is 2.37. The number of hydrogen-bond donors (Lipinski definition) is 1. The summed E-state index contributed by atoms with van der Waals surface area (Å²) in [5, 5.41) is 9.51. The van der Waals surface area contributed by atoms with Crippen molar-refractivity contribution in [1.29, 1.82) is 0 Å². The average molecular weight is 329 g/mol. The molecule has 1 amide bonds. The van der Waals surface area contributed by atoms with Crippen LogP contribution < -0.4 is 0 Å². The fourth-order valence-electron chi connectivity index (χ4n) is 4.16. The predicted molar refractivity (Wildman–Crippen MR) is 92.8 cm³/mol. The lowest BCUT2D eigenvalue weighted by Crippen LogP contribution is -2.47. The molecule has 24 heavy (non-hydrogen) atoms. The Kier molecular flexibility index (Phi) is 5.22. The van der Waals surface area contributed by atoms with E-state index < -0.39 is 11.9 Å². The third kappa shape index (κ3) is 3.63. The van der Waals surface area contributed by atoms with Crippen molar-refractivity contribution < 1.29 is 14.7 Å². The van der Waals surface area contributed by atoms with Crippen molar-refractivity contribution in [2.24, 2.45) is 11.8 Å². The molecule has 1 saturated heterocycles. The summed E-state index contributed by atoms with van der Waals surface area (Å²) in [4.78, 5) is 26.2. The van der Waals surface area contributed by atoms with Crippen molar-refractivity contribution in [2.45, 2.75) is 51.4 Å². The van der Waals surface area contributed by atoms with Crippen LogP contribution in [-0.2, 0) is 16.0 Å². The summed E-state index contributed by atoms with van der Waals surface area (Å²) < 4.78 is 0. The van der Waals surface area contributed by atoms with Gasteiger partial charge in [0.15, 0.2) is 0 Å². The molecule has 2 unspecified atom stereocenters. The van der Waals surface area contributed by atoms with Crippen LogP contribution in [0.4, 0.5) is 0 Å². The van der Waals surface area contributed by atoms with Gasteiger partial charge < -0.3 is 10.0 Å². The Morgan fingerprint density at radius 3 is 2.33 bits per heavy atom. The lowest BCUT2D eigenvalue weighted by atomic mass is 9.83. The van der Waals surface area contributed by atoms with E-state index in [0.29, 0.717) is 19.5 Å². The first kappa shape index (κ1) is 17.0. The molecule has 1 aromatic carbocycles. The average Bonchev–Trinajstić information content (AvgIpc) is 3.15. The summed E-state index contributed by atoms with van der Waals surface area (Å²) in [5.74, 6) is -0.834. The van der Waals surface area contributed by atoms with Crippen molar-refractivity contribution >= 4 is 11.9 Å². The minimum Gasteiger partial charge on any atom is -0.481 e. The van der Waals surface area contributed by atoms with Crippen molar-refractivity contribution in [3.63, 3.8) is 0 Å². The maximum Gasteiger partial charge on any atom is 0.308 e. The normalized spacial score (nSPS) is 25.0. The molecule has 1 heterocycles. The Bertz CT molecular complexity index is 589. The second kappa shape index (κ2) is 7.37. The Morgan fingerprint density at radius 2 is 1.75 bits per heavy atom. The zero-order valence-corrected chi connectivity index (χ0v) is 14.4. The minimum absolute atomic E-state index is 0.112. The van der Waals surface area contributed by atoms with Gasteiger partial charge >= 0.3 is 5.97 Å². The van der Waals surface area contributed by atoms with Crippen molar-refractivity contribution in [2.75, 3.05) is 13.1 Å². The second-order valence-electron chi connectivity index (χ2n) is 7.29. The van der Waals surface area contributed by atoms with Crippen LogP contribution in [0, 0.1) is 11.8 Å². The molecule has 0 aromatic heterocycles. The molecule has 2 fully saturated rings. The number of hydrogen-bond acceptors (Lipinski definition) is 2. The van der Waals surface area contributed by atoms with Gasteiger partial charge in [-0.05, 0) is 36.8 Å². The van der Waals surface area contributed by atoms with Gasteiger partial charge in [0.25, 0.3) is 0 Å². The van der Waals surface area contributed by atoms with Crippen LogP contribution in [0.15, 0.2) is 24.3 Å². The number of carboxylic acid groups (broad SMARTS) is 1. The zero-order valence-electron chi connectivity index (χ0n) is 14.4. The number of aryl methyl sites for hydroxylation is 1. The monoisotopic (exact) mass is 329 g/mol.